The normalized spacial score (nSPS) is 16.0. The van der Waals surface area contributed by atoms with Crippen LogP contribution < -0.4 is 15.0 Å². The smallest absolute Gasteiger partial charge is 0.227 e. The molecule has 5 rings (SSSR count). The van der Waals surface area contributed by atoms with E-state index in [9.17, 15) is 9.90 Å². The minimum Gasteiger partial charge on any atom is -0.485 e. The van der Waals surface area contributed by atoms with E-state index < -0.39 is 6.10 Å². The van der Waals surface area contributed by atoms with E-state index in [1.807, 2.05) is 24.9 Å². The number of aliphatic hydroxyl groups excluding tert-OH is 1. The molecule has 2 N–H and O–H groups in total. The molecule has 4 heterocycles. The number of hydrogen-bond donors (Lipinski definition) is 2. The summed E-state index contributed by atoms with van der Waals surface area (Å²) in [5.41, 5.74) is 4.89. The van der Waals surface area contributed by atoms with Crippen molar-refractivity contribution in [3.63, 3.8) is 0 Å². The Kier molecular flexibility index (Phi) is 9.71. The first-order chi connectivity index (χ1) is 20.3. The van der Waals surface area contributed by atoms with Gasteiger partial charge in [-0.2, -0.15) is 4.98 Å². The third kappa shape index (κ3) is 7.26. The summed E-state index contributed by atoms with van der Waals surface area (Å²) in [5.74, 6) is 2.64. The lowest BCUT2D eigenvalue weighted by Crippen LogP contribution is -2.40. The Labute approximate surface area is 247 Å². The van der Waals surface area contributed by atoms with Crippen LogP contribution >= 0.6 is 0 Å². The van der Waals surface area contributed by atoms with Gasteiger partial charge in [0.2, 0.25) is 5.95 Å². The highest BCUT2D eigenvalue weighted by Crippen LogP contribution is 2.30. The molecule has 0 radical (unpaired) electrons. The highest BCUT2D eigenvalue weighted by Gasteiger charge is 2.24. The Bertz CT molecular complexity index is 1370. The van der Waals surface area contributed by atoms with Gasteiger partial charge in [0.05, 0.1) is 31.1 Å². The Morgan fingerprint density at radius 1 is 1.29 bits per heavy atom. The quantitative estimate of drug-likeness (QED) is 0.272. The summed E-state index contributed by atoms with van der Waals surface area (Å²) < 4.78 is 16.7. The second-order valence-electron chi connectivity index (χ2n) is 11.3. The number of aromatic nitrogens is 3. The number of fused-ring (bicyclic) bond motifs is 1. The lowest BCUT2D eigenvalue weighted by atomic mass is 9.94. The maximum absolute atomic E-state index is 13.2. The molecule has 2 aromatic heterocycles. The molecule has 42 heavy (non-hydrogen) atoms. The summed E-state index contributed by atoms with van der Waals surface area (Å²) in [7, 11) is 1.93. The van der Waals surface area contributed by atoms with Gasteiger partial charge in [-0.05, 0) is 55.9 Å². The van der Waals surface area contributed by atoms with E-state index in [-0.39, 0.29) is 18.2 Å². The zero-order valence-corrected chi connectivity index (χ0v) is 25.1. The van der Waals surface area contributed by atoms with Crippen LogP contribution in [0.1, 0.15) is 64.8 Å². The molecule has 1 fully saturated rings. The number of carbonyl (C=O) groups excluding carboxylic acids is 1. The van der Waals surface area contributed by atoms with Crippen molar-refractivity contribution < 1.29 is 23.8 Å². The number of ketones is 1. The number of carbonyl (C=O) groups is 1. The first kappa shape index (κ1) is 29.9. The topological polar surface area (TPSA) is 126 Å². The fourth-order valence-corrected chi connectivity index (χ4v) is 5.40. The molecule has 3 aromatic rings. The average Bonchev–Trinajstić information content (AvgIpc) is 3.37. The van der Waals surface area contributed by atoms with Crippen molar-refractivity contribution in [2.75, 3.05) is 50.1 Å². The molecule has 11 heteroatoms. The zero-order valence-electron chi connectivity index (χ0n) is 25.1. The van der Waals surface area contributed by atoms with Crippen LogP contribution in [0.5, 0.6) is 5.75 Å². The molecular weight excluding hydrogens is 536 g/mol. The van der Waals surface area contributed by atoms with Crippen molar-refractivity contribution in [2.45, 2.75) is 71.8 Å². The van der Waals surface area contributed by atoms with Crippen LogP contribution in [0.25, 0.3) is 0 Å². The monoisotopic (exact) mass is 578 g/mol. The molecule has 226 valence electrons. The Morgan fingerprint density at radius 2 is 2.12 bits per heavy atom. The second-order valence-corrected chi connectivity index (χ2v) is 11.3. The summed E-state index contributed by atoms with van der Waals surface area (Å²) in [4.78, 5) is 30.7. The summed E-state index contributed by atoms with van der Waals surface area (Å²) in [6.07, 6.45) is 3.24. The van der Waals surface area contributed by atoms with Crippen LogP contribution in [0.4, 0.5) is 11.8 Å². The van der Waals surface area contributed by atoms with Crippen molar-refractivity contribution in [3.05, 3.63) is 58.4 Å². The van der Waals surface area contributed by atoms with E-state index in [1.165, 1.54) is 17.5 Å². The number of benzene rings is 1. The highest BCUT2D eigenvalue weighted by atomic mass is 16.5. The van der Waals surface area contributed by atoms with Crippen molar-refractivity contribution in [1.29, 1.82) is 0 Å². The maximum atomic E-state index is 13.2. The maximum Gasteiger partial charge on any atom is 0.227 e. The molecule has 0 bridgehead atoms. The number of nitrogens with one attached hydrogen (secondary N) is 1. The summed E-state index contributed by atoms with van der Waals surface area (Å²) >= 11 is 0. The van der Waals surface area contributed by atoms with E-state index in [1.54, 1.807) is 6.07 Å². The zero-order chi connectivity index (χ0) is 29.6. The van der Waals surface area contributed by atoms with E-state index in [0.717, 1.165) is 55.2 Å². The van der Waals surface area contributed by atoms with E-state index in [4.69, 9.17) is 13.9 Å². The Hall–Kier alpha value is -3.54. The van der Waals surface area contributed by atoms with Gasteiger partial charge in [-0.25, -0.2) is 9.97 Å². The molecular formula is C31H42N6O5. The second kappa shape index (κ2) is 13.6. The lowest BCUT2D eigenvalue weighted by molar-refractivity contribution is 0.0209. The summed E-state index contributed by atoms with van der Waals surface area (Å²) in [6, 6.07) is 6.02. The van der Waals surface area contributed by atoms with Crippen LogP contribution in [0, 0.1) is 13.8 Å². The van der Waals surface area contributed by atoms with Crippen LogP contribution in [0.2, 0.25) is 0 Å². The number of β-amino-alcohol motifs (C(OH)–C–C–N with tert-alkyl or cyclic N) is 1. The number of nitrogens with zero attached hydrogens (tertiary/aromatic N) is 5. The van der Waals surface area contributed by atoms with Gasteiger partial charge in [0.1, 0.15) is 23.9 Å². The molecule has 1 saturated heterocycles. The molecule has 0 unspecified atom stereocenters. The summed E-state index contributed by atoms with van der Waals surface area (Å²) in [6.45, 7) is 10.6. The van der Waals surface area contributed by atoms with Gasteiger partial charge in [-0.3, -0.25) is 9.69 Å². The minimum absolute atomic E-state index is 0.0943. The standard InChI is InChI=1S/C31H42N6O5/c1-5-11-36(4)31-34-26(13-30(35-31)33-23-16-40-17-23)27(39)8-7-24(38)15-37-12-10-25-20(2)28(9-6-22(25)14-37)41-18-29-21(3)32-19-42-29/h6,9,13,19,23-24,38H,5,7-8,10-12,14-18H2,1-4H3,(H,33,34,35)/t24-/m0/s1. The average molecular weight is 579 g/mol. The first-order valence-corrected chi connectivity index (χ1v) is 14.8. The fraction of sp³-hybridized carbons (Fsp3) is 0.548. The molecule has 2 aliphatic rings. The van der Waals surface area contributed by atoms with Gasteiger partial charge in [0, 0.05) is 45.7 Å². The third-order valence-corrected chi connectivity index (χ3v) is 7.99. The number of Topliss-reactive ketones (excluding diaryl/α,β-unsaturated/α-hetero) is 1. The van der Waals surface area contributed by atoms with Crippen LogP contribution in [-0.4, -0.2) is 82.8 Å². The molecule has 0 saturated carbocycles. The molecule has 2 aliphatic heterocycles. The third-order valence-electron chi connectivity index (χ3n) is 7.99. The SMILES string of the molecule is CCCN(C)c1nc(NC2COC2)cc(C(=O)CC[C@H](O)CN2CCc3c(ccc(OCc4ocnc4C)c3C)C2)n1. The summed E-state index contributed by atoms with van der Waals surface area (Å²) in [5, 5.41) is 14.2. The predicted molar refractivity (Wildman–Crippen MR) is 159 cm³/mol. The largest absolute Gasteiger partial charge is 0.485 e. The Balaban J connectivity index is 1.15. The van der Waals surface area contributed by atoms with E-state index in [2.05, 4.69) is 45.1 Å². The van der Waals surface area contributed by atoms with Gasteiger partial charge in [0.25, 0.3) is 0 Å². The lowest BCUT2D eigenvalue weighted by Gasteiger charge is -2.31. The van der Waals surface area contributed by atoms with Gasteiger partial charge < -0.3 is 29.2 Å². The van der Waals surface area contributed by atoms with Gasteiger partial charge >= 0.3 is 0 Å². The van der Waals surface area contributed by atoms with Crippen molar-refractivity contribution in [1.82, 2.24) is 19.9 Å². The van der Waals surface area contributed by atoms with Crippen LogP contribution in [0.15, 0.2) is 29.0 Å². The minimum atomic E-state index is -0.613. The molecule has 1 aromatic carbocycles. The fourth-order valence-electron chi connectivity index (χ4n) is 5.40. The number of rotatable bonds is 14. The number of aryl methyl sites for hydroxylation is 1. The number of ether oxygens (including phenoxy) is 2. The molecule has 0 amide bonds. The van der Waals surface area contributed by atoms with Gasteiger partial charge in [-0.1, -0.05) is 13.0 Å². The van der Waals surface area contributed by atoms with Gasteiger partial charge in [0.15, 0.2) is 17.9 Å². The first-order valence-electron chi connectivity index (χ1n) is 14.8. The molecule has 0 spiro atoms. The van der Waals surface area contributed by atoms with Crippen LogP contribution in [0.3, 0.4) is 0 Å². The number of aliphatic hydroxyl groups is 1. The Morgan fingerprint density at radius 3 is 2.83 bits per heavy atom. The van der Waals surface area contributed by atoms with Crippen molar-refractivity contribution in [2.24, 2.45) is 0 Å². The predicted octanol–water partition coefficient (Wildman–Crippen LogP) is 3.70. The van der Waals surface area contributed by atoms with Crippen molar-refractivity contribution in [3.8, 4) is 5.75 Å². The molecule has 0 aliphatic carbocycles. The number of hydrogen-bond acceptors (Lipinski definition) is 11. The van der Waals surface area contributed by atoms with Gasteiger partial charge in [-0.15, -0.1) is 0 Å². The molecule has 11 nitrogen and oxygen atoms in total. The number of oxazole rings is 1. The van der Waals surface area contributed by atoms with Crippen molar-refractivity contribution >= 4 is 17.5 Å². The number of anilines is 2. The van der Waals surface area contributed by atoms with E-state index >= 15 is 0 Å². The highest BCUT2D eigenvalue weighted by molar-refractivity contribution is 5.95. The molecule has 1 atom stereocenters. The van der Waals surface area contributed by atoms with Crippen LogP contribution in [-0.2, 0) is 24.3 Å². The van der Waals surface area contributed by atoms with E-state index in [0.29, 0.717) is 50.2 Å².